The van der Waals surface area contributed by atoms with Gasteiger partial charge in [-0.05, 0) is 37.6 Å². The van der Waals surface area contributed by atoms with Crippen LogP contribution >= 0.6 is 0 Å². The first-order valence-electron chi connectivity index (χ1n) is 7.79. The molecule has 0 spiro atoms. The van der Waals surface area contributed by atoms with E-state index >= 15 is 0 Å². The zero-order valence-corrected chi connectivity index (χ0v) is 14.6. The monoisotopic (exact) mass is 398 g/mol. The van der Waals surface area contributed by atoms with Crippen molar-refractivity contribution >= 4 is 16.0 Å². The minimum atomic E-state index is -5.02. The molecule has 0 unspecified atom stereocenters. The standard InChI is InChI=1S/C15H18F4N2O4S/c1-2-21(8-14(22)23)11-6-10(7-11)20-26(24,25)13-4-3-9(16)5-12(13)15(17,18)19/h3-5,10-11,20H,2,6-8H2,1H3,(H,22,23). The Kier molecular flexibility index (Phi) is 5.93. The predicted octanol–water partition coefficient (Wildman–Crippen LogP) is 2.06. The third kappa shape index (κ3) is 4.71. The molecule has 2 rings (SSSR count). The molecule has 0 saturated heterocycles. The molecule has 26 heavy (non-hydrogen) atoms. The molecule has 1 aromatic carbocycles. The number of rotatable bonds is 7. The normalized spacial score (nSPS) is 20.8. The van der Waals surface area contributed by atoms with Crippen LogP contribution in [0.4, 0.5) is 17.6 Å². The van der Waals surface area contributed by atoms with Gasteiger partial charge in [-0.15, -0.1) is 0 Å². The highest BCUT2D eigenvalue weighted by Gasteiger charge is 2.40. The summed E-state index contributed by atoms with van der Waals surface area (Å²) in [6.07, 6.45) is -4.46. The summed E-state index contributed by atoms with van der Waals surface area (Å²) in [6.45, 7) is 2.01. The summed E-state index contributed by atoms with van der Waals surface area (Å²) in [4.78, 5) is 11.4. The van der Waals surface area contributed by atoms with Gasteiger partial charge in [-0.3, -0.25) is 9.69 Å². The Morgan fingerprint density at radius 2 is 1.96 bits per heavy atom. The fourth-order valence-electron chi connectivity index (χ4n) is 2.90. The van der Waals surface area contributed by atoms with Gasteiger partial charge in [0.2, 0.25) is 10.0 Å². The molecule has 0 aromatic heterocycles. The minimum Gasteiger partial charge on any atom is -0.480 e. The van der Waals surface area contributed by atoms with Crippen molar-refractivity contribution in [3.8, 4) is 0 Å². The van der Waals surface area contributed by atoms with Gasteiger partial charge < -0.3 is 5.11 Å². The van der Waals surface area contributed by atoms with Crippen molar-refractivity contribution in [3.05, 3.63) is 29.6 Å². The molecule has 1 aliphatic carbocycles. The second-order valence-electron chi connectivity index (χ2n) is 6.04. The molecule has 0 radical (unpaired) electrons. The Bertz CT molecular complexity index is 776. The summed E-state index contributed by atoms with van der Waals surface area (Å²) >= 11 is 0. The van der Waals surface area contributed by atoms with E-state index in [4.69, 9.17) is 5.11 Å². The fraction of sp³-hybridized carbons (Fsp3) is 0.533. The van der Waals surface area contributed by atoms with E-state index in [0.717, 1.165) is 0 Å². The Morgan fingerprint density at radius 1 is 1.35 bits per heavy atom. The molecule has 6 nitrogen and oxygen atoms in total. The number of carboxylic acid groups (broad SMARTS) is 1. The van der Waals surface area contributed by atoms with E-state index in [1.54, 1.807) is 11.8 Å². The second kappa shape index (κ2) is 7.49. The molecule has 0 amide bonds. The van der Waals surface area contributed by atoms with E-state index in [0.29, 0.717) is 18.7 Å². The molecule has 11 heteroatoms. The third-order valence-electron chi connectivity index (χ3n) is 4.23. The molecule has 1 saturated carbocycles. The zero-order chi connectivity index (χ0) is 19.7. The van der Waals surface area contributed by atoms with Gasteiger partial charge >= 0.3 is 12.1 Å². The Labute approximate surface area is 147 Å². The number of halogens is 4. The van der Waals surface area contributed by atoms with Crippen molar-refractivity contribution in [2.24, 2.45) is 0 Å². The highest BCUT2D eigenvalue weighted by atomic mass is 32.2. The molecule has 0 atom stereocenters. The van der Waals surface area contributed by atoms with Crippen LogP contribution in [-0.2, 0) is 21.0 Å². The first-order chi connectivity index (χ1) is 11.9. The topological polar surface area (TPSA) is 86.7 Å². The number of hydrogen-bond donors (Lipinski definition) is 2. The van der Waals surface area contributed by atoms with Crippen LogP contribution in [0.3, 0.4) is 0 Å². The smallest absolute Gasteiger partial charge is 0.417 e. The number of alkyl halides is 3. The molecule has 1 fully saturated rings. The van der Waals surface area contributed by atoms with Crippen LogP contribution < -0.4 is 4.72 Å². The van der Waals surface area contributed by atoms with E-state index in [-0.39, 0.29) is 31.5 Å². The lowest BCUT2D eigenvalue weighted by Gasteiger charge is -2.42. The van der Waals surface area contributed by atoms with Crippen molar-refractivity contribution in [2.45, 2.75) is 42.9 Å². The van der Waals surface area contributed by atoms with E-state index in [2.05, 4.69) is 4.72 Å². The van der Waals surface area contributed by atoms with Crippen LogP contribution in [0.2, 0.25) is 0 Å². The number of sulfonamides is 1. The number of benzene rings is 1. The molecular weight excluding hydrogens is 380 g/mol. The van der Waals surface area contributed by atoms with Gasteiger partial charge in [0, 0.05) is 12.1 Å². The first-order valence-corrected chi connectivity index (χ1v) is 9.27. The summed E-state index contributed by atoms with van der Waals surface area (Å²) in [5.74, 6) is -2.20. The molecule has 1 aromatic rings. The van der Waals surface area contributed by atoms with Gasteiger partial charge in [-0.1, -0.05) is 6.92 Å². The summed E-state index contributed by atoms with van der Waals surface area (Å²) in [7, 11) is -4.50. The number of nitrogens with one attached hydrogen (secondary N) is 1. The van der Waals surface area contributed by atoms with Gasteiger partial charge in [-0.2, -0.15) is 13.2 Å². The maximum Gasteiger partial charge on any atom is 0.417 e. The lowest BCUT2D eigenvalue weighted by molar-refractivity contribution is -0.140. The summed E-state index contributed by atoms with van der Waals surface area (Å²) < 4.78 is 78.9. The zero-order valence-electron chi connectivity index (χ0n) is 13.8. The van der Waals surface area contributed by atoms with Crippen LogP contribution in [0.15, 0.2) is 23.1 Å². The lowest BCUT2D eigenvalue weighted by atomic mass is 9.86. The average Bonchev–Trinajstić information content (AvgIpc) is 2.47. The maximum atomic E-state index is 13.1. The van der Waals surface area contributed by atoms with Crippen molar-refractivity contribution in [1.82, 2.24) is 9.62 Å². The van der Waals surface area contributed by atoms with E-state index in [9.17, 15) is 30.8 Å². The number of hydrogen-bond acceptors (Lipinski definition) is 4. The van der Waals surface area contributed by atoms with Crippen LogP contribution in [0, 0.1) is 5.82 Å². The fourth-order valence-corrected chi connectivity index (χ4v) is 4.37. The maximum absolute atomic E-state index is 13.1. The third-order valence-corrected chi connectivity index (χ3v) is 5.81. The number of carbonyl (C=O) groups is 1. The van der Waals surface area contributed by atoms with Gasteiger partial charge in [0.1, 0.15) is 5.82 Å². The van der Waals surface area contributed by atoms with Crippen molar-refractivity contribution in [1.29, 1.82) is 0 Å². The largest absolute Gasteiger partial charge is 0.480 e. The van der Waals surface area contributed by atoms with Crippen molar-refractivity contribution in [3.63, 3.8) is 0 Å². The minimum absolute atomic E-state index is 0.143. The van der Waals surface area contributed by atoms with Crippen molar-refractivity contribution < 1.29 is 35.9 Å². The van der Waals surface area contributed by atoms with Crippen LogP contribution in [0.25, 0.3) is 0 Å². The summed E-state index contributed by atoms with van der Waals surface area (Å²) in [5.41, 5.74) is -1.57. The first kappa shape index (κ1) is 20.6. The molecule has 2 N–H and O–H groups in total. The van der Waals surface area contributed by atoms with Gasteiger partial charge in [0.25, 0.3) is 0 Å². The summed E-state index contributed by atoms with van der Waals surface area (Å²) in [5, 5.41) is 8.82. The SMILES string of the molecule is CCN(CC(=O)O)C1CC(NS(=O)(=O)c2ccc(F)cc2C(F)(F)F)C1. The molecule has 0 aliphatic heterocycles. The van der Waals surface area contributed by atoms with Crippen LogP contribution in [-0.4, -0.2) is 49.6 Å². The number of carboxylic acids is 1. The molecule has 0 heterocycles. The predicted molar refractivity (Wildman–Crippen MR) is 83.4 cm³/mol. The molecule has 0 bridgehead atoms. The number of likely N-dealkylation sites (N-methyl/N-ethyl adjacent to an activating group) is 1. The Morgan fingerprint density at radius 3 is 2.46 bits per heavy atom. The molecule has 146 valence electrons. The quantitative estimate of drug-likeness (QED) is 0.687. The van der Waals surface area contributed by atoms with Crippen LogP contribution in [0.1, 0.15) is 25.3 Å². The van der Waals surface area contributed by atoms with E-state index in [1.165, 1.54) is 0 Å². The Balaban J connectivity index is 2.11. The van der Waals surface area contributed by atoms with Crippen LogP contribution in [0.5, 0.6) is 0 Å². The summed E-state index contributed by atoms with van der Waals surface area (Å²) in [6, 6.07) is 0.598. The Hall–Kier alpha value is -1.72. The highest BCUT2D eigenvalue weighted by molar-refractivity contribution is 7.89. The van der Waals surface area contributed by atoms with E-state index < -0.39 is 44.5 Å². The highest BCUT2D eigenvalue weighted by Crippen LogP contribution is 2.35. The number of nitrogens with zero attached hydrogens (tertiary/aromatic N) is 1. The van der Waals surface area contributed by atoms with E-state index in [1.807, 2.05) is 0 Å². The molecule has 1 aliphatic rings. The lowest BCUT2D eigenvalue weighted by Crippen LogP contribution is -2.54. The average molecular weight is 398 g/mol. The number of aliphatic carboxylic acids is 1. The van der Waals surface area contributed by atoms with Gasteiger partial charge in [-0.25, -0.2) is 17.5 Å². The van der Waals surface area contributed by atoms with Crippen molar-refractivity contribution in [2.75, 3.05) is 13.1 Å². The van der Waals surface area contributed by atoms with Gasteiger partial charge in [0.15, 0.2) is 0 Å². The molecular formula is C15H18F4N2O4S. The second-order valence-corrected chi connectivity index (χ2v) is 7.72. The van der Waals surface area contributed by atoms with Gasteiger partial charge in [0.05, 0.1) is 17.0 Å².